The van der Waals surface area contributed by atoms with Gasteiger partial charge in [-0.15, -0.1) is 0 Å². The Kier molecular flexibility index (Phi) is 4.61. The molecule has 0 radical (unpaired) electrons. The maximum Gasteiger partial charge on any atom is 0.0983 e. The SMILES string of the molecule is COC1(C(O)Cc2ccc(C)c(C)c2)CCOCC1. The number of ether oxygens (including phenoxy) is 2. The second kappa shape index (κ2) is 6.04. The lowest BCUT2D eigenvalue weighted by molar-refractivity contribution is -0.151. The molecule has 2 rings (SSSR count). The number of aliphatic hydroxyl groups excluding tert-OH is 1. The lowest BCUT2D eigenvalue weighted by atomic mass is 9.84. The van der Waals surface area contributed by atoms with E-state index in [0.717, 1.165) is 12.8 Å². The van der Waals surface area contributed by atoms with E-state index in [1.165, 1.54) is 16.7 Å². The zero-order valence-corrected chi connectivity index (χ0v) is 12.1. The van der Waals surface area contributed by atoms with Crippen LogP contribution in [0, 0.1) is 13.8 Å². The quantitative estimate of drug-likeness (QED) is 0.907. The second-order valence-corrected chi connectivity index (χ2v) is 5.52. The normalized spacial score (nSPS) is 20.2. The van der Waals surface area contributed by atoms with E-state index in [9.17, 15) is 5.11 Å². The van der Waals surface area contributed by atoms with Crippen LogP contribution in [0.1, 0.15) is 29.5 Å². The van der Waals surface area contributed by atoms with E-state index in [1.54, 1.807) is 7.11 Å². The summed E-state index contributed by atoms with van der Waals surface area (Å²) in [6.45, 7) is 5.53. The summed E-state index contributed by atoms with van der Waals surface area (Å²) in [6.07, 6.45) is 1.67. The maximum absolute atomic E-state index is 10.6. The van der Waals surface area contributed by atoms with E-state index in [2.05, 4.69) is 32.0 Å². The number of rotatable bonds is 4. The van der Waals surface area contributed by atoms with Crippen LogP contribution in [0.4, 0.5) is 0 Å². The Balaban J connectivity index is 2.10. The molecule has 1 N–H and O–H groups in total. The van der Waals surface area contributed by atoms with Crippen molar-refractivity contribution in [3.8, 4) is 0 Å². The van der Waals surface area contributed by atoms with Crippen LogP contribution < -0.4 is 0 Å². The van der Waals surface area contributed by atoms with Gasteiger partial charge in [-0.3, -0.25) is 0 Å². The minimum atomic E-state index is -0.483. The Morgan fingerprint density at radius 3 is 2.53 bits per heavy atom. The average Bonchev–Trinajstić information content (AvgIpc) is 2.43. The van der Waals surface area contributed by atoms with Gasteiger partial charge in [0.2, 0.25) is 0 Å². The van der Waals surface area contributed by atoms with Crippen molar-refractivity contribution in [3.05, 3.63) is 34.9 Å². The van der Waals surface area contributed by atoms with Gasteiger partial charge in [-0.1, -0.05) is 18.2 Å². The highest BCUT2D eigenvalue weighted by Crippen LogP contribution is 2.30. The average molecular weight is 264 g/mol. The topological polar surface area (TPSA) is 38.7 Å². The Morgan fingerprint density at radius 2 is 1.95 bits per heavy atom. The molecule has 0 aliphatic carbocycles. The molecule has 3 heteroatoms. The highest BCUT2D eigenvalue weighted by molar-refractivity contribution is 5.30. The van der Waals surface area contributed by atoms with Crippen molar-refractivity contribution in [2.24, 2.45) is 0 Å². The van der Waals surface area contributed by atoms with Crippen LogP contribution in [0.3, 0.4) is 0 Å². The van der Waals surface area contributed by atoms with Crippen LogP contribution in [-0.2, 0) is 15.9 Å². The highest BCUT2D eigenvalue weighted by atomic mass is 16.5. The first-order valence-corrected chi connectivity index (χ1v) is 6.94. The molecule has 1 aliphatic heterocycles. The molecule has 1 atom stereocenters. The summed E-state index contributed by atoms with van der Waals surface area (Å²) < 4.78 is 11.0. The van der Waals surface area contributed by atoms with Crippen LogP contribution in [-0.4, -0.2) is 37.1 Å². The molecule has 1 saturated heterocycles. The van der Waals surface area contributed by atoms with E-state index < -0.39 is 11.7 Å². The standard InChI is InChI=1S/C16H24O3/c1-12-4-5-14(10-13(12)2)11-15(17)16(18-3)6-8-19-9-7-16/h4-5,10,15,17H,6-9,11H2,1-3H3. The number of hydrogen-bond acceptors (Lipinski definition) is 3. The summed E-state index contributed by atoms with van der Waals surface area (Å²) in [4.78, 5) is 0. The van der Waals surface area contributed by atoms with Gasteiger partial charge in [-0.05, 0) is 30.5 Å². The number of aryl methyl sites for hydroxylation is 2. The Bertz CT molecular complexity index is 422. The first-order valence-electron chi connectivity index (χ1n) is 6.94. The molecule has 1 unspecified atom stereocenters. The largest absolute Gasteiger partial charge is 0.390 e. The summed E-state index contributed by atoms with van der Waals surface area (Å²) >= 11 is 0. The zero-order valence-electron chi connectivity index (χ0n) is 12.1. The van der Waals surface area contributed by atoms with Crippen LogP contribution in [0.2, 0.25) is 0 Å². The minimum absolute atomic E-state index is 0.447. The first-order chi connectivity index (χ1) is 9.07. The number of methoxy groups -OCH3 is 1. The maximum atomic E-state index is 10.6. The molecule has 1 fully saturated rings. The van der Waals surface area contributed by atoms with Gasteiger partial charge < -0.3 is 14.6 Å². The molecule has 3 nitrogen and oxygen atoms in total. The van der Waals surface area contributed by atoms with Crippen molar-refractivity contribution in [1.82, 2.24) is 0 Å². The van der Waals surface area contributed by atoms with Gasteiger partial charge >= 0.3 is 0 Å². The molecule has 0 spiro atoms. The Morgan fingerprint density at radius 1 is 1.26 bits per heavy atom. The zero-order chi connectivity index (χ0) is 13.9. The summed E-state index contributed by atoms with van der Waals surface area (Å²) in [5, 5.41) is 10.6. The molecule has 19 heavy (non-hydrogen) atoms. The highest BCUT2D eigenvalue weighted by Gasteiger charge is 2.39. The van der Waals surface area contributed by atoms with Crippen LogP contribution in [0.25, 0.3) is 0 Å². The Labute approximate surface area is 115 Å². The number of hydrogen-bond donors (Lipinski definition) is 1. The van der Waals surface area contributed by atoms with E-state index in [1.807, 2.05) is 0 Å². The third-order valence-electron chi connectivity index (χ3n) is 4.35. The van der Waals surface area contributed by atoms with Crippen molar-refractivity contribution in [3.63, 3.8) is 0 Å². The molecule has 1 heterocycles. The first kappa shape index (κ1) is 14.5. The monoisotopic (exact) mass is 264 g/mol. The summed E-state index contributed by atoms with van der Waals surface area (Å²) in [5.74, 6) is 0. The fourth-order valence-corrected chi connectivity index (χ4v) is 2.73. The van der Waals surface area contributed by atoms with Gasteiger partial charge in [-0.2, -0.15) is 0 Å². The molecule has 1 aliphatic rings. The van der Waals surface area contributed by atoms with Gasteiger partial charge in [0, 0.05) is 39.6 Å². The van der Waals surface area contributed by atoms with Crippen molar-refractivity contribution in [2.75, 3.05) is 20.3 Å². The van der Waals surface area contributed by atoms with Gasteiger partial charge in [-0.25, -0.2) is 0 Å². The molecule has 1 aromatic carbocycles. The summed E-state index contributed by atoms with van der Waals surface area (Å²) in [5.41, 5.74) is 3.27. The van der Waals surface area contributed by atoms with Crippen LogP contribution in [0.15, 0.2) is 18.2 Å². The molecule has 0 saturated carbocycles. The van der Waals surface area contributed by atoms with Crippen molar-refractivity contribution >= 4 is 0 Å². The van der Waals surface area contributed by atoms with E-state index in [-0.39, 0.29) is 0 Å². The van der Waals surface area contributed by atoms with Gasteiger partial charge in [0.25, 0.3) is 0 Å². The van der Waals surface area contributed by atoms with E-state index in [4.69, 9.17) is 9.47 Å². The Hall–Kier alpha value is -0.900. The predicted octanol–water partition coefficient (Wildman–Crippen LogP) is 2.40. The molecule has 106 valence electrons. The van der Waals surface area contributed by atoms with Crippen LogP contribution in [0.5, 0.6) is 0 Å². The summed E-state index contributed by atoms with van der Waals surface area (Å²) in [6, 6.07) is 6.36. The molecule has 1 aromatic rings. The van der Waals surface area contributed by atoms with Crippen LogP contribution >= 0.6 is 0 Å². The van der Waals surface area contributed by atoms with Gasteiger partial charge in [0.1, 0.15) is 0 Å². The molecular weight excluding hydrogens is 240 g/mol. The van der Waals surface area contributed by atoms with E-state index in [0.29, 0.717) is 19.6 Å². The van der Waals surface area contributed by atoms with Crippen molar-refractivity contribution in [2.45, 2.75) is 44.8 Å². The van der Waals surface area contributed by atoms with E-state index >= 15 is 0 Å². The fourth-order valence-electron chi connectivity index (χ4n) is 2.73. The number of benzene rings is 1. The molecule has 0 amide bonds. The minimum Gasteiger partial charge on any atom is -0.390 e. The molecule has 0 bridgehead atoms. The third kappa shape index (κ3) is 3.16. The molecular formula is C16H24O3. The second-order valence-electron chi connectivity index (χ2n) is 5.52. The van der Waals surface area contributed by atoms with Gasteiger partial charge in [0.15, 0.2) is 0 Å². The predicted molar refractivity (Wildman–Crippen MR) is 75.4 cm³/mol. The fraction of sp³-hybridized carbons (Fsp3) is 0.625. The number of aliphatic hydroxyl groups is 1. The molecule has 0 aromatic heterocycles. The van der Waals surface area contributed by atoms with Crippen molar-refractivity contribution < 1.29 is 14.6 Å². The van der Waals surface area contributed by atoms with Gasteiger partial charge in [0.05, 0.1) is 11.7 Å². The summed E-state index contributed by atoms with van der Waals surface area (Å²) in [7, 11) is 1.69. The lowest BCUT2D eigenvalue weighted by Gasteiger charge is -2.39. The lowest BCUT2D eigenvalue weighted by Crippen LogP contribution is -2.49. The van der Waals surface area contributed by atoms with Crippen molar-refractivity contribution in [1.29, 1.82) is 0 Å². The third-order valence-corrected chi connectivity index (χ3v) is 4.35. The smallest absolute Gasteiger partial charge is 0.0983 e.